The summed E-state index contributed by atoms with van der Waals surface area (Å²) < 4.78 is 21.4. The molecule has 178 valence electrons. The molecule has 1 fully saturated rings. The molecule has 0 unspecified atom stereocenters. The Kier molecular flexibility index (Phi) is 7.01. The van der Waals surface area contributed by atoms with Gasteiger partial charge >= 0.3 is 0 Å². The molecule has 9 nitrogen and oxygen atoms in total. The van der Waals surface area contributed by atoms with Crippen molar-refractivity contribution in [1.82, 2.24) is 15.1 Å². The molecule has 4 rings (SSSR count). The van der Waals surface area contributed by atoms with Crippen molar-refractivity contribution in [2.45, 2.75) is 0 Å². The number of nitrogens with zero attached hydrogens (tertiary/aromatic N) is 4. The molecule has 0 spiro atoms. The molecule has 1 aliphatic rings. The van der Waals surface area contributed by atoms with Crippen molar-refractivity contribution in [3.05, 3.63) is 54.1 Å². The van der Waals surface area contributed by atoms with Crippen LogP contribution in [0.2, 0.25) is 0 Å². The largest absolute Gasteiger partial charge is 0.497 e. The summed E-state index contributed by atoms with van der Waals surface area (Å²) in [4.78, 5) is 17.0. The molecule has 1 saturated heterocycles. The molecule has 1 aromatic heterocycles. The van der Waals surface area contributed by atoms with Gasteiger partial charge in [-0.3, -0.25) is 4.79 Å². The topological polar surface area (TPSA) is 86.3 Å². The highest BCUT2D eigenvalue weighted by Crippen LogP contribution is 2.32. The lowest BCUT2D eigenvalue weighted by atomic mass is 10.1. The molecule has 2 aromatic carbocycles. The first kappa shape index (κ1) is 23.2. The van der Waals surface area contributed by atoms with Crippen molar-refractivity contribution in [2.24, 2.45) is 0 Å². The van der Waals surface area contributed by atoms with Gasteiger partial charge in [0.15, 0.2) is 5.82 Å². The number of hydrogen-bond donors (Lipinski definition) is 0. The first-order valence-electron chi connectivity index (χ1n) is 10.9. The average Bonchev–Trinajstić information content (AvgIpc) is 2.92. The maximum Gasteiger partial charge on any atom is 0.254 e. The van der Waals surface area contributed by atoms with Crippen LogP contribution in [0.25, 0.3) is 11.3 Å². The molecule has 0 radical (unpaired) electrons. The molecule has 34 heavy (non-hydrogen) atoms. The Hall–Kier alpha value is -4.01. The van der Waals surface area contributed by atoms with E-state index in [9.17, 15) is 4.79 Å². The summed E-state index contributed by atoms with van der Waals surface area (Å²) in [6, 6.07) is 14.6. The molecular weight excluding hydrogens is 436 g/mol. The van der Waals surface area contributed by atoms with Crippen LogP contribution in [0.4, 0.5) is 5.82 Å². The normalized spacial score (nSPS) is 13.4. The summed E-state index contributed by atoms with van der Waals surface area (Å²) in [5.74, 6) is 3.30. The summed E-state index contributed by atoms with van der Waals surface area (Å²) in [6.45, 7) is 2.46. The fourth-order valence-electron chi connectivity index (χ4n) is 3.90. The Morgan fingerprint density at radius 1 is 0.735 bits per heavy atom. The number of methoxy groups -OCH3 is 4. The minimum atomic E-state index is -0.0524. The minimum absolute atomic E-state index is 0.0524. The predicted molar refractivity (Wildman–Crippen MR) is 128 cm³/mol. The molecule has 0 bridgehead atoms. The smallest absolute Gasteiger partial charge is 0.254 e. The molecule has 9 heteroatoms. The molecule has 3 aromatic rings. The van der Waals surface area contributed by atoms with Gasteiger partial charge in [0.05, 0.1) is 34.1 Å². The summed E-state index contributed by atoms with van der Waals surface area (Å²) in [5.41, 5.74) is 2.05. The highest BCUT2D eigenvalue weighted by atomic mass is 16.5. The molecule has 0 N–H and O–H groups in total. The fraction of sp³-hybridized carbons (Fsp3) is 0.320. The molecular formula is C25H28N4O5. The van der Waals surface area contributed by atoms with E-state index in [0.717, 1.165) is 17.1 Å². The zero-order chi connectivity index (χ0) is 24.1. The maximum absolute atomic E-state index is 13.0. The van der Waals surface area contributed by atoms with E-state index >= 15 is 0 Å². The molecule has 1 amide bonds. The van der Waals surface area contributed by atoms with Crippen molar-refractivity contribution in [3.63, 3.8) is 0 Å². The number of carbonyl (C=O) groups excluding carboxylic acids is 1. The standard InChI is InChI=1S/C25H28N4O5/c1-31-18-5-7-23(34-4)21(16-18)22-6-8-24(27-26-22)28-9-11-29(12-10-28)25(30)17-13-19(32-2)15-20(14-17)33-3/h5-8,13-16H,9-12H2,1-4H3. The fourth-order valence-corrected chi connectivity index (χ4v) is 3.90. The highest BCUT2D eigenvalue weighted by Gasteiger charge is 2.24. The van der Waals surface area contributed by atoms with Gasteiger partial charge in [-0.25, -0.2) is 0 Å². The third-order valence-corrected chi connectivity index (χ3v) is 5.82. The van der Waals surface area contributed by atoms with Crippen LogP contribution in [0.1, 0.15) is 10.4 Å². The number of aromatic nitrogens is 2. The Morgan fingerprint density at radius 3 is 1.97 bits per heavy atom. The van der Waals surface area contributed by atoms with Crippen LogP contribution >= 0.6 is 0 Å². The van der Waals surface area contributed by atoms with E-state index in [1.165, 1.54) is 0 Å². The van der Waals surface area contributed by atoms with Gasteiger partial charge in [-0.05, 0) is 42.5 Å². The molecule has 0 saturated carbocycles. The van der Waals surface area contributed by atoms with Crippen LogP contribution in [0, 0.1) is 0 Å². The number of hydrogen-bond acceptors (Lipinski definition) is 8. The first-order chi connectivity index (χ1) is 16.6. The number of ether oxygens (including phenoxy) is 4. The number of rotatable bonds is 7. The van der Waals surface area contributed by atoms with E-state index in [1.807, 2.05) is 35.2 Å². The lowest BCUT2D eigenvalue weighted by molar-refractivity contribution is 0.0745. The van der Waals surface area contributed by atoms with E-state index in [4.69, 9.17) is 18.9 Å². The molecule has 1 aliphatic heterocycles. The Balaban J connectivity index is 1.44. The van der Waals surface area contributed by atoms with Crippen LogP contribution in [-0.4, -0.2) is 75.6 Å². The second-order valence-electron chi connectivity index (χ2n) is 7.72. The van der Waals surface area contributed by atoms with Crippen molar-refractivity contribution >= 4 is 11.7 Å². The van der Waals surface area contributed by atoms with Crippen molar-refractivity contribution in [2.75, 3.05) is 59.5 Å². The van der Waals surface area contributed by atoms with E-state index < -0.39 is 0 Å². The summed E-state index contributed by atoms with van der Waals surface area (Å²) in [6.07, 6.45) is 0. The Bertz CT molecular complexity index is 1120. The summed E-state index contributed by atoms with van der Waals surface area (Å²) in [7, 11) is 6.38. The average molecular weight is 465 g/mol. The second kappa shape index (κ2) is 10.3. The highest BCUT2D eigenvalue weighted by molar-refractivity contribution is 5.95. The van der Waals surface area contributed by atoms with Crippen LogP contribution in [0.15, 0.2) is 48.5 Å². The van der Waals surface area contributed by atoms with Crippen molar-refractivity contribution in [3.8, 4) is 34.3 Å². The molecule has 0 aliphatic carbocycles. The molecule has 0 atom stereocenters. The zero-order valence-corrected chi connectivity index (χ0v) is 19.8. The summed E-state index contributed by atoms with van der Waals surface area (Å²) >= 11 is 0. The Labute approximate surface area is 198 Å². The van der Waals surface area contributed by atoms with Gasteiger partial charge in [-0.2, -0.15) is 0 Å². The number of carbonyl (C=O) groups is 1. The number of piperazine rings is 1. The van der Waals surface area contributed by atoms with Gasteiger partial charge in [0.1, 0.15) is 23.0 Å². The lowest BCUT2D eigenvalue weighted by Gasteiger charge is -2.35. The van der Waals surface area contributed by atoms with E-state index in [1.54, 1.807) is 46.6 Å². The zero-order valence-electron chi connectivity index (χ0n) is 19.8. The van der Waals surface area contributed by atoms with Gasteiger partial charge in [-0.1, -0.05) is 0 Å². The van der Waals surface area contributed by atoms with Gasteiger partial charge in [0, 0.05) is 43.4 Å². The van der Waals surface area contributed by atoms with Gasteiger partial charge < -0.3 is 28.7 Å². The van der Waals surface area contributed by atoms with Crippen molar-refractivity contribution < 1.29 is 23.7 Å². The number of amides is 1. The van der Waals surface area contributed by atoms with E-state index in [0.29, 0.717) is 54.7 Å². The monoisotopic (exact) mass is 464 g/mol. The second-order valence-corrected chi connectivity index (χ2v) is 7.72. The summed E-state index contributed by atoms with van der Waals surface area (Å²) in [5, 5.41) is 8.84. The lowest BCUT2D eigenvalue weighted by Crippen LogP contribution is -2.49. The number of benzene rings is 2. The Morgan fingerprint density at radius 2 is 1.41 bits per heavy atom. The van der Waals surface area contributed by atoms with Crippen LogP contribution < -0.4 is 23.8 Å². The van der Waals surface area contributed by atoms with Gasteiger partial charge in [0.25, 0.3) is 5.91 Å². The molecule has 2 heterocycles. The van der Waals surface area contributed by atoms with Gasteiger partial charge in [-0.15, -0.1) is 10.2 Å². The SMILES string of the molecule is COc1cc(OC)cc(C(=O)N2CCN(c3ccc(-c4cc(OC)ccc4OC)nn3)CC2)c1. The van der Waals surface area contributed by atoms with E-state index in [2.05, 4.69) is 15.1 Å². The van der Waals surface area contributed by atoms with Crippen LogP contribution in [-0.2, 0) is 0 Å². The third-order valence-electron chi connectivity index (χ3n) is 5.82. The van der Waals surface area contributed by atoms with Crippen molar-refractivity contribution in [1.29, 1.82) is 0 Å². The first-order valence-corrected chi connectivity index (χ1v) is 10.9. The predicted octanol–water partition coefficient (Wildman–Crippen LogP) is 3.14. The quantitative estimate of drug-likeness (QED) is 0.527. The minimum Gasteiger partial charge on any atom is -0.497 e. The van der Waals surface area contributed by atoms with E-state index in [-0.39, 0.29) is 5.91 Å². The van der Waals surface area contributed by atoms with Crippen LogP contribution in [0.5, 0.6) is 23.0 Å². The maximum atomic E-state index is 13.0. The number of anilines is 1. The van der Waals surface area contributed by atoms with Gasteiger partial charge in [0.2, 0.25) is 0 Å². The van der Waals surface area contributed by atoms with Crippen LogP contribution in [0.3, 0.4) is 0 Å². The third kappa shape index (κ3) is 4.83.